The Morgan fingerprint density at radius 1 is 1.33 bits per heavy atom. The fraction of sp³-hybridized carbons (Fsp3) is 0.889. The number of hydrogen-bond donors (Lipinski definition) is 0. The van der Waals surface area contributed by atoms with E-state index in [9.17, 15) is 4.79 Å². The van der Waals surface area contributed by atoms with E-state index in [0.717, 1.165) is 6.42 Å². The van der Waals surface area contributed by atoms with E-state index in [-0.39, 0.29) is 6.10 Å². The summed E-state index contributed by atoms with van der Waals surface area (Å²) in [7, 11) is 0. The maximum atomic E-state index is 10.8. The van der Waals surface area contributed by atoms with E-state index in [4.69, 9.17) is 9.47 Å². The number of carbonyl (C=O) groups is 1. The first-order valence-corrected chi connectivity index (χ1v) is 4.39. The lowest BCUT2D eigenvalue weighted by Crippen LogP contribution is -2.16. The second kappa shape index (κ2) is 5.86. The Morgan fingerprint density at radius 3 is 2.33 bits per heavy atom. The topological polar surface area (TPSA) is 35.5 Å². The summed E-state index contributed by atoms with van der Waals surface area (Å²) in [6.45, 7) is 8.13. The summed E-state index contributed by atoms with van der Waals surface area (Å²) in [5, 5.41) is 0. The zero-order valence-electron chi connectivity index (χ0n) is 8.29. The first-order valence-electron chi connectivity index (χ1n) is 4.39. The number of hydrogen-bond acceptors (Lipinski definition) is 3. The van der Waals surface area contributed by atoms with Crippen molar-refractivity contribution in [3.63, 3.8) is 0 Å². The molecule has 0 amide bonds. The van der Waals surface area contributed by atoms with Crippen LogP contribution in [0.5, 0.6) is 0 Å². The molecule has 0 spiro atoms. The summed E-state index contributed by atoms with van der Waals surface area (Å²) in [4.78, 5) is 10.8. The predicted molar refractivity (Wildman–Crippen MR) is 47.0 cm³/mol. The monoisotopic (exact) mass is 174 g/mol. The Morgan fingerprint density at radius 2 is 1.92 bits per heavy atom. The van der Waals surface area contributed by atoms with Crippen LogP contribution in [0.1, 0.15) is 34.1 Å². The van der Waals surface area contributed by atoms with E-state index in [1.165, 1.54) is 0 Å². The summed E-state index contributed by atoms with van der Waals surface area (Å²) in [6, 6.07) is 0. The highest BCUT2D eigenvalue weighted by molar-refractivity contribution is 5.59. The molecule has 0 N–H and O–H groups in total. The molecule has 0 radical (unpaired) electrons. The molecule has 0 aromatic rings. The van der Waals surface area contributed by atoms with Crippen molar-refractivity contribution in [2.45, 2.75) is 40.2 Å². The van der Waals surface area contributed by atoms with E-state index >= 15 is 0 Å². The van der Waals surface area contributed by atoms with Gasteiger partial charge in [0.15, 0.2) is 0 Å². The molecule has 0 aliphatic heterocycles. The number of rotatable bonds is 4. The molecule has 1 unspecified atom stereocenters. The lowest BCUT2D eigenvalue weighted by Gasteiger charge is -2.11. The molecule has 0 fully saturated rings. The summed E-state index contributed by atoms with van der Waals surface area (Å²) in [5.74, 6) is 0.407. The average molecular weight is 174 g/mol. The highest BCUT2D eigenvalue weighted by Gasteiger charge is 2.07. The van der Waals surface area contributed by atoms with Crippen molar-refractivity contribution in [1.82, 2.24) is 0 Å². The zero-order chi connectivity index (χ0) is 9.56. The first kappa shape index (κ1) is 11.3. The molecule has 0 rings (SSSR count). The van der Waals surface area contributed by atoms with Crippen LogP contribution in [0.25, 0.3) is 0 Å². The van der Waals surface area contributed by atoms with Gasteiger partial charge in [0, 0.05) is 0 Å². The molecule has 72 valence electrons. The molecule has 0 aliphatic rings. The van der Waals surface area contributed by atoms with Crippen LogP contribution in [0, 0.1) is 5.92 Å². The van der Waals surface area contributed by atoms with Crippen molar-refractivity contribution >= 4 is 6.16 Å². The van der Waals surface area contributed by atoms with Gasteiger partial charge in [-0.3, -0.25) is 0 Å². The highest BCUT2D eigenvalue weighted by atomic mass is 16.7. The van der Waals surface area contributed by atoms with Crippen molar-refractivity contribution in [1.29, 1.82) is 0 Å². The Hall–Kier alpha value is -0.730. The van der Waals surface area contributed by atoms with Gasteiger partial charge < -0.3 is 9.47 Å². The third-order valence-electron chi connectivity index (χ3n) is 1.51. The Balaban J connectivity index is 3.44. The van der Waals surface area contributed by atoms with Crippen LogP contribution in [-0.2, 0) is 9.47 Å². The van der Waals surface area contributed by atoms with Gasteiger partial charge in [-0.2, -0.15) is 0 Å². The fourth-order valence-electron chi connectivity index (χ4n) is 0.555. The molecule has 3 heteroatoms. The van der Waals surface area contributed by atoms with Crippen LogP contribution in [0.3, 0.4) is 0 Å². The minimum Gasteiger partial charge on any atom is -0.434 e. The summed E-state index contributed by atoms with van der Waals surface area (Å²) >= 11 is 0. The minimum absolute atomic E-state index is 0.102. The van der Waals surface area contributed by atoms with Crippen molar-refractivity contribution in [2.24, 2.45) is 5.92 Å². The molecular weight excluding hydrogens is 156 g/mol. The molecule has 0 saturated carbocycles. The Bertz CT molecular complexity index is 132. The smallest absolute Gasteiger partial charge is 0.434 e. The molecule has 12 heavy (non-hydrogen) atoms. The van der Waals surface area contributed by atoms with Gasteiger partial charge in [-0.1, -0.05) is 20.3 Å². The van der Waals surface area contributed by atoms with Gasteiger partial charge in [0.1, 0.15) is 0 Å². The highest BCUT2D eigenvalue weighted by Crippen LogP contribution is 2.02. The second-order valence-corrected chi connectivity index (χ2v) is 3.24. The van der Waals surface area contributed by atoms with E-state index in [1.807, 2.05) is 6.92 Å². The molecule has 1 atom stereocenters. The van der Waals surface area contributed by atoms with Gasteiger partial charge in [-0.25, -0.2) is 4.79 Å². The lowest BCUT2D eigenvalue weighted by molar-refractivity contribution is 0.0266. The van der Waals surface area contributed by atoms with E-state index in [1.54, 1.807) is 13.8 Å². The third-order valence-corrected chi connectivity index (χ3v) is 1.51. The minimum atomic E-state index is -0.565. The van der Waals surface area contributed by atoms with Crippen LogP contribution >= 0.6 is 0 Å². The summed E-state index contributed by atoms with van der Waals surface area (Å²) in [5.41, 5.74) is 0. The molecule has 0 aliphatic carbocycles. The normalized spacial score (nSPS) is 12.8. The fourth-order valence-corrected chi connectivity index (χ4v) is 0.555. The van der Waals surface area contributed by atoms with Gasteiger partial charge in [-0.15, -0.1) is 0 Å². The summed E-state index contributed by atoms with van der Waals surface area (Å²) in [6.07, 6.45) is 0.342. The van der Waals surface area contributed by atoms with Gasteiger partial charge in [0.2, 0.25) is 0 Å². The Kier molecular flexibility index (Phi) is 5.51. The van der Waals surface area contributed by atoms with Crippen LogP contribution in [0.2, 0.25) is 0 Å². The largest absolute Gasteiger partial charge is 0.508 e. The molecule has 0 heterocycles. The molecular formula is C9H18O3. The van der Waals surface area contributed by atoms with Crippen molar-refractivity contribution in [3.8, 4) is 0 Å². The standard InChI is InChI=1S/C9H18O3/c1-5-8(4)6-11-9(10)12-7(2)3/h7-8H,5-6H2,1-4H3. The van der Waals surface area contributed by atoms with Gasteiger partial charge in [0.05, 0.1) is 12.7 Å². The molecule has 0 aromatic heterocycles. The SMILES string of the molecule is CCC(C)COC(=O)OC(C)C. The third kappa shape index (κ3) is 6.01. The van der Waals surface area contributed by atoms with Crippen LogP contribution in [0.15, 0.2) is 0 Å². The number of carbonyl (C=O) groups excluding carboxylic acids is 1. The average Bonchev–Trinajstić information content (AvgIpc) is 1.99. The maximum absolute atomic E-state index is 10.8. The molecule has 0 saturated heterocycles. The summed E-state index contributed by atoms with van der Waals surface area (Å²) < 4.78 is 9.63. The number of ether oxygens (including phenoxy) is 2. The van der Waals surface area contributed by atoms with Gasteiger partial charge >= 0.3 is 6.16 Å². The van der Waals surface area contributed by atoms with Crippen molar-refractivity contribution in [2.75, 3.05) is 6.61 Å². The second-order valence-electron chi connectivity index (χ2n) is 3.24. The molecule has 0 aromatic carbocycles. The van der Waals surface area contributed by atoms with Gasteiger partial charge in [0.25, 0.3) is 0 Å². The lowest BCUT2D eigenvalue weighted by atomic mass is 10.1. The quantitative estimate of drug-likeness (QED) is 0.614. The molecule has 3 nitrogen and oxygen atoms in total. The Labute approximate surface area is 74.0 Å². The van der Waals surface area contributed by atoms with Crippen molar-refractivity contribution in [3.05, 3.63) is 0 Å². The first-order chi connectivity index (χ1) is 5.56. The molecule has 0 bridgehead atoms. The van der Waals surface area contributed by atoms with Crippen LogP contribution < -0.4 is 0 Å². The van der Waals surface area contributed by atoms with E-state index in [2.05, 4.69) is 6.92 Å². The zero-order valence-corrected chi connectivity index (χ0v) is 8.29. The van der Waals surface area contributed by atoms with Crippen molar-refractivity contribution < 1.29 is 14.3 Å². The predicted octanol–water partition coefficient (Wildman–Crippen LogP) is 2.59. The van der Waals surface area contributed by atoms with Crippen LogP contribution in [0.4, 0.5) is 4.79 Å². The van der Waals surface area contributed by atoms with E-state index < -0.39 is 6.16 Å². The van der Waals surface area contributed by atoms with Gasteiger partial charge in [-0.05, 0) is 19.8 Å². The van der Waals surface area contributed by atoms with Crippen LogP contribution in [-0.4, -0.2) is 18.9 Å². The van der Waals surface area contributed by atoms with E-state index in [0.29, 0.717) is 12.5 Å². The maximum Gasteiger partial charge on any atom is 0.508 e.